The second-order valence-electron chi connectivity index (χ2n) is 8.96. The first-order valence-electron chi connectivity index (χ1n) is 11.4. The van der Waals surface area contributed by atoms with Gasteiger partial charge in [-0.25, -0.2) is 4.98 Å². The fraction of sp³-hybridized carbons (Fsp3) is 0.308. The zero-order chi connectivity index (χ0) is 22.9. The Morgan fingerprint density at radius 3 is 2.76 bits per heavy atom. The maximum Gasteiger partial charge on any atom is 0.248 e. The molecular formula is C26H27N5O2. The normalized spacial score (nSPS) is 20.4. The third-order valence-corrected chi connectivity index (χ3v) is 6.54. The predicted molar refractivity (Wildman–Crippen MR) is 127 cm³/mol. The summed E-state index contributed by atoms with van der Waals surface area (Å²) >= 11 is 0. The van der Waals surface area contributed by atoms with E-state index in [0.29, 0.717) is 5.56 Å². The molecule has 2 aliphatic rings. The Morgan fingerprint density at radius 2 is 2.03 bits per heavy atom. The molecule has 0 spiro atoms. The number of hydrogen-bond donors (Lipinski definition) is 2. The van der Waals surface area contributed by atoms with E-state index in [1.54, 1.807) is 18.3 Å². The standard InChI is InChI=1S/C26H27N5O2/c1-16-8-9-18(13-16)26(33)29-19-5-4-6-20(15-19)31-23-11-10-17(24(27)32)14-22(23)30-25(31)21-7-2-3-12-28-21/h2-3,7-12,14,19-20H,4-6,13,15H2,1H3,(H2,27,32)(H,29,33). The number of carbonyl (C=O) groups excluding carboxylic acids is 2. The Morgan fingerprint density at radius 1 is 1.15 bits per heavy atom. The molecule has 5 rings (SSSR count). The fourth-order valence-electron chi connectivity index (χ4n) is 4.92. The highest BCUT2D eigenvalue weighted by atomic mass is 16.2. The number of nitrogens with two attached hydrogens (primary N) is 1. The van der Waals surface area contributed by atoms with Crippen LogP contribution in [0.2, 0.25) is 0 Å². The lowest BCUT2D eigenvalue weighted by molar-refractivity contribution is -0.118. The van der Waals surface area contributed by atoms with Crippen LogP contribution in [0.4, 0.5) is 0 Å². The highest BCUT2D eigenvalue weighted by Gasteiger charge is 2.29. The summed E-state index contributed by atoms with van der Waals surface area (Å²) in [6, 6.07) is 11.4. The van der Waals surface area contributed by atoms with Crippen LogP contribution in [-0.4, -0.2) is 32.4 Å². The molecule has 168 valence electrons. The number of amides is 2. The molecule has 2 amide bonds. The molecule has 2 aliphatic carbocycles. The highest BCUT2D eigenvalue weighted by molar-refractivity contribution is 5.97. The fourth-order valence-corrected chi connectivity index (χ4v) is 4.92. The van der Waals surface area contributed by atoms with Crippen molar-refractivity contribution < 1.29 is 9.59 Å². The quantitative estimate of drug-likeness (QED) is 0.623. The lowest BCUT2D eigenvalue weighted by Crippen LogP contribution is -2.39. The molecule has 1 saturated carbocycles. The van der Waals surface area contributed by atoms with Gasteiger partial charge in [0, 0.05) is 29.4 Å². The largest absolute Gasteiger partial charge is 0.366 e. The predicted octanol–water partition coefficient (Wildman–Crippen LogP) is 4.07. The van der Waals surface area contributed by atoms with Gasteiger partial charge in [-0.15, -0.1) is 0 Å². The lowest BCUT2D eigenvalue weighted by atomic mass is 9.90. The van der Waals surface area contributed by atoms with Crippen molar-refractivity contribution in [3.63, 3.8) is 0 Å². The van der Waals surface area contributed by atoms with Gasteiger partial charge >= 0.3 is 0 Å². The summed E-state index contributed by atoms with van der Waals surface area (Å²) in [5.74, 6) is 0.319. The summed E-state index contributed by atoms with van der Waals surface area (Å²) < 4.78 is 2.22. The number of rotatable bonds is 5. The number of imidazole rings is 1. The van der Waals surface area contributed by atoms with E-state index in [1.807, 2.05) is 43.3 Å². The Bertz CT molecular complexity index is 1290. The van der Waals surface area contributed by atoms with Crippen molar-refractivity contribution in [3.8, 4) is 11.5 Å². The number of nitrogens with zero attached hydrogens (tertiary/aromatic N) is 3. The Balaban J connectivity index is 1.47. The molecular weight excluding hydrogens is 414 g/mol. The number of hydrogen-bond acceptors (Lipinski definition) is 4. The first kappa shape index (κ1) is 21.1. The van der Waals surface area contributed by atoms with E-state index < -0.39 is 5.91 Å². The van der Waals surface area contributed by atoms with Gasteiger partial charge < -0.3 is 15.6 Å². The molecule has 0 bridgehead atoms. The second-order valence-corrected chi connectivity index (χ2v) is 8.96. The summed E-state index contributed by atoms with van der Waals surface area (Å²) in [5.41, 5.74) is 10.4. The van der Waals surface area contributed by atoms with Gasteiger partial charge in [0.2, 0.25) is 11.8 Å². The van der Waals surface area contributed by atoms with Gasteiger partial charge in [-0.3, -0.25) is 14.6 Å². The van der Waals surface area contributed by atoms with Crippen LogP contribution in [0, 0.1) is 0 Å². The van der Waals surface area contributed by atoms with Crippen LogP contribution in [0.5, 0.6) is 0 Å². The van der Waals surface area contributed by atoms with Crippen LogP contribution in [0.15, 0.2) is 65.9 Å². The first-order valence-corrected chi connectivity index (χ1v) is 11.4. The summed E-state index contributed by atoms with van der Waals surface area (Å²) in [6.45, 7) is 2.04. The molecule has 2 unspecified atom stereocenters. The van der Waals surface area contributed by atoms with E-state index in [0.717, 1.165) is 60.2 Å². The van der Waals surface area contributed by atoms with Gasteiger partial charge in [0.15, 0.2) is 5.82 Å². The van der Waals surface area contributed by atoms with E-state index in [4.69, 9.17) is 10.7 Å². The van der Waals surface area contributed by atoms with Crippen LogP contribution in [0.1, 0.15) is 55.4 Å². The molecule has 2 heterocycles. The third-order valence-electron chi connectivity index (χ3n) is 6.54. The number of carbonyl (C=O) groups is 2. The molecule has 3 N–H and O–H groups in total. The van der Waals surface area contributed by atoms with Gasteiger partial charge in [0.1, 0.15) is 5.69 Å². The van der Waals surface area contributed by atoms with Gasteiger partial charge in [-0.1, -0.05) is 23.8 Å². The van der Waals surface area contributed by atoms with Gasteiger partial charge in [-0.2, -0.15) is 0 Å². The Labute approximate surface area is 192 Å². The zero-order valence-electron chi connectivity index (χ0n) is 18.6. The molecule has 2 atom stereocenters. The lowest BCUT2D eigenvalue weighted by Gasteiger charge is -2.32. The molecule has 7 heteroatoms. The minimum absolute atomic E-state index is 0.0280. The SMILES string of the molecule is CC1=CC=C(C(=O)NC2CCCC(n3c(-c4ccccn4)nc4cc(C(N)=O)ccc43)C2)C1. The Kier molecular flexibility index (Phi) is 5.54. The monoisotopic (exact) mass is 441 g/mol. The second kappa shape index (κ2) is 8.65. The number of pyridine rings is 1. The number of primary amides is 1. The highest BCUT2D eigenvalue weighted by Crippen LogP contribution is 2.36. The van der Waals surface area contributed by atoms with E-state index in [1.165, 1.54) is 5.57 Å². The average Bonchev–Trinajstić information content (AvgIpc) is 3.43. The molecule has 0 radical (unpaired) electrons. The summed E-state index contributed by atoms with van der Waals surface area (Å²) in [4.78, 5) is 33.9. The van der Waals surface area contributed by atoms with E-state index in [9.17, 15) is 9.59 Å². The van der Waals surface area contributed by atoms with Gasteiger partial charge in [0.05, 0.1) is 11.0 Å². The minimum atomic E-state index is -0.475. The van der Waals surface area contributed by atoms with Crippen LogP contribution in [-0.2, 0) is 4.79 Å². The molecule has 1 fully saturated rings. The molecule has 0 saturated heterocycles. The summed E-state index contributed by atoms with van der Waals surface area (Å²) in [6.07, 6.45) is 10.2. The van der Waals surface area contributed by atoms with Crippen LogP contribution < -0.4 is 11.1 Å². The van der Waals surface area contributed by atoms with Crippen molar-refractivity contribution >= 4 is 22.8 Å². The van der Waals surface area contributed by atoms with E-state index >= 15 is 0 Å². The van der Waals surface area contributed by atoms with Crippen LogP contribution in [0.3, 0.4) is 0 Å². The number of aromatic nitrogens is 3. The molecule has 1 aromatic carbocycles. The minimum Gasteiger partial charge on any atom is -0.366 e. The van der Waals surface area contributed by atoms with Crippen molar-refractivity contribution in [1.82, 2.24) is 19.9 Å². The van der Waals surface area contributed by atoms with Crippen LogP contribution >= 0.6 is 0 Å². The summed E-state index contributed by atoms with van der Waals surface area (Å²) in [5, 5.41) is 3.25. The Hall–Kier alpha value is -3.74. The smallest absolute Gasteiger partial charge is 0.248 e. The zero-order valence-corrected chi connectivity index (χ0v) is 18.6. The number of fused-ring (bicyclic) bond motifs is 1. The molecule has 0 aliphatic heterocycles. The first-order chi connectivity index (χ1) is 16.0. The number of nitrogens with one attached hydrogen (secondary N) is 1. The molecule has 33 heavy (non-hydrogen) atoms. The van der Waals surface area contributed by atoms with Gasteiger partial charge in [0.25, 0.3) is 0 Å². The van der Waals surface area contributed by atoms with E-state index in [-0.39, 0.29) is 18.0 Å². The molecule has 2 aromatic heterocycles. The average molecular weight is 442 g/mol. The van der Waals surface area contributed by atoms with Crippen molar-refractivity contribution in [3.05, 3.63) is 71.5 Å². The van der Waals surface area contributed by atoms with Crippen molar-refractivity contribution in [2.75, 3.05) is 0 Å². The third kappa shape index (κ3) is 4.18. The summed E-state index contributed by atoms with van der Waals surface area (Å²) in [7, 11) is 0. The molecule has 3 aromatic rings. The van der Waals surface area contributed by atoms with E-state index in [2.05, 4.69) is 14.9 Å². The van der Waals surface area contributed by atoms with Crippen molar-refractivity contribution in [2.24, 2.45) is 5.73 Å². The molecule has 7 nitrogen and oxygen atoms in total. The van der Waals surface area contributed by atoms with Gasteiger partial charge in [-0.05, 0) is 69.4 Å². The van der Waals surface area contributed by atoms with Crippen molar-refractivity contribution in [2.45, 2.75) is 51.1 Å². The maximum absolute atomic E-state index is 12.8. The number of allylic oxidation sites excluding steroid dienone is 3. The maximum atomic E-state index is 12.8. The number of benzene rings is 1. The topological polar surface area (TPSA) is 103 Å². The van der Waals surface area contributed by atoms with Crippen molar-refractivity contribution in [1.29, 1.82) is 0 Å². The van der Waals surface area contributed by atoms with Crippen LogP contribution in [0.25, 0.3) is 22.6 Å².